The van der Waals surface area contributed by atoms with E-state index >= 15 is 0 Å². The van der Waals surface area contributed by atoms with E-state index in [1.165, 1.54) is 56.3 Å². The number of aromatic hydroxyl groups is 1. The molecular weight excluding hydrogens is 561 g/mol. The molecule has 0 saturated carbocycles. The first-order valence-electron chi connectivity index (χ1n) is 12.3. The Kier molecular flexibility index (Phi) is 6.93. The second-order valence-corrected chi connectivity index (χ2v) is 9.53. The van der Waals surface area contributed by atoms with Gasteiger partial charge < -0.3 is 15.5 Å². The highest BCUT2D eigenvalue weighted by Crippen LogP contribution is 2.45. The summed E-state index contributed by atoms with van der Waals surface area (Å²) in [5.41, 5.74) is -0.0730. The fraction of sp³-hybridized carbons (Fsp3) is 0.100. The lowest BCUT2D eigenvalue weighted by molar-refractivity contribution is -0.137. The molecule has 5 rings (SSSR count). The SMILES string of the molecule is Cc1cc(-c2c(C(F)(F)F)ccc3c2NC(=O)C3=NNc2cccc(-c3cccc(C(=O)O)c3F)c2O)cc(C)c1F. The van der Waals surface area contributed by atoms with Crippen molar-refractivity contribution in [2.24, 2.45) is 5.10 Å². The van der Waals surface area contributed by atoms with E-state index in [-0.39, 0.29) is 56.0 Å². The minimum atomic E-state index is -4.80. The Balaban J connectivity index is 1.59. The van der Waals surface area contributed by atoms with E-state index in [0.717, 1.165) is 18.2 Å². The number of phenolic OH excluding ortho intramolecular Hbond substituents is 1. The van der Waals surface area contributed by atoms with Crippen LogP contribution in [-0.4, -0.2) is 27.8 Å². The number of carbonyl (C=O) groups is 2. The van der Waals surface area contributed by atoms with Gasteiger partial charge in [-0.2, -0.15) is 18.3 Å². The van der Waals surface area contributed by atoms with Gasteiger partial charge in [-0.25, -0.2) is 13.6 Å². The van der Waals surface area contributed by atoms with Gasteiger partial charge >= 0.3 is 12.1 Å². The Hall–Kier alpha value is -5.26. The van der Waals surface area contributed by atoms with Gasteiger partial charge in [0.05, 0.1) is 22.5 Å². The van der Waals surface area contributed by atoms with E-state index in [0.29, 0.717) is 0 Å². The Bertz CT molecular complexity index is 1810. The van der Waals surface area contributed by atoms with Crippen molar-refractivity contribution in [1.82, 2.24) is 0 Å². The molecule has 0 aromatic heterocycles. The second kappa shape index (κ2) is 10.3. The number of hydrogen-bond donors (Lipinski definition) is 4. The Morgan fingerprint density at radius 1 is 0.905 bits per heavy atom. The smallest absolute Gasteiger partial charge is 0.417 e. The van der Waals surface area contributed by atoms with Gasteiger partial charge in [-0.05, 0) is 66.9 Å². The molecule has 0 bridgehead atoms. The largest absolute Gasteiger partial charge is 0.505 e. The number of carbonyl (C=O) groups excluding carboxylic acids is 1. The van der Waals surface area contributed by atoms with Gasteiger partial charge in [-0.1, -0.05) is 24.3 Å². The van der Waals surface area contributed by atoms with Crippen LogP contribution in [-0.2, 0) is 11.0 Å². The highest BCUT2D eigenvalue weighted by Gasteiger charge is 2.39. The third-order valence-corrected chi connectivity index (χ3v) is 6.79. The molecule has 1 aliphatic heterocycles. The number of hydrogen-bond acceptors (Lipinski definition) is 5. The van der Waals surface area contributed by atoms with Gasteiger partial charge in [-0.15, -0.1) is 0 Å². The molecule has 1 aliphatic rings. The molecule has 0 spiro atoms. The first-order valence-corrected chi connectivity index (χ1v) is 12.3. The highest BCUT2D eigenvalue weighted by atomic mass is 19.4. The molecule has 4 aromatic rings. The van der Waals surface area contributed by atoms with Crippen molar-refractivity contribution in [3.63, 3.8) is 0 Å². The van der Waals surface area contributed by atoms with Crippen LogP contribution in [0.15, 0.2) is 65.8 Å². The molecule has 1 heterocycles. The van der Waals surface area contributed by atoms with Crippen LogP contribution < -0.4 is 10.7 Å². The van der Waals surface area contributed by atoms with E-state index in [4.69, 9.17) is 0 Å². The average molecular weight is 581 g/mol. The van der Waals surface area contributed by atoms with E-state index in [1.54, 1.807) is 0 Å². The number of para-hydroxylation sites is 1. The average Bonchev–Trinajstić information content (AvgIpc) is 3.24. The third kappa shape index (κ3) is 4.80. The van der Waals surface area contributed by atoms with Crippen LogP contribution in [0.4, 0.5) is 33.3 Å². The molecule has 1 amide bonds. The summed E-state index contributed by atoms with van der Waals surface area (Å²) in [6.45, 7) is 2.84. The number of nitrogens with zero attached hydrogens (tertiary/aromatic N) is 1. The number of alkyl halides is 3. The van der Waals surface area contributed by atoms with Gasteiger partial charge in [0.2, 0.25) is 0 Å². The zero-order chi connectivity index (χ0) is 30.5. The summed E-state index contributed by atoms with van der Waals surface area (Å²) in [5.74, 6) is -4.50. The van der Waals surface area contributed by atoms with Crippen molar-refractivity contribution in [2.75, 3.05) is 10.7 Å². The molecule has 0 unspecified atom stereocenters. The molecule has 0 aliphatic carbocycles. The van der Waals surface area contributed by atoms with Crippen LogP contribution in [0.3, 0.4) is 0 Å². The Morgan fingerprint density at radius 2 is 1.55 bits per heavy atom. The van der Waals surface area contributed by atoms with Crippen molar-refractivity contribution in [2.45, 2.75) is 20.0 Å². The topological polar surface area (TPSA) is 111 Å². The van der Waals surface area contributed by atoms with Crippen LogP contribution in [0.2, 0.25) is 0 Å². The summed E-state index contributed by atoms with van der Waals surface area (Å²) in [6, 6.07) is 12.1. The number of benzene rings is 4. The van der Waals surface area contributed by atoms with Crippen LogP contribution >= 0.6 is 0 Å². The Morgan fingerprint density at radius 3 is 2.19 bits per heavy atom. The summed E-state index contributed by atoms with van der Waals surface area (Å²) >= 11 is 0. The van der Waals surface area contributed by atoms with Gasteiger partial charge in [0.1, 0.15) is 17.4 Å². The molecule has 0 saturated heterocycles. The quantitative estimate of drug-likeness (QED) is 0.114. The number of phenols is 1. The van der Waals surface area contributed by atoms with Crippen LogP contribution in [0, 0.1) is 25.5 Å². The molecular formula is C30H20F5N3O4. The van der Waals surface area contributed by atoms with E-state index in [9.17, 15) is 41.8 Å². The monoisotopic (exact) mass is 581 g/mol. The van der Waals surface area contributed by atoms with Crippen molar-refractivity contribution in [1.29, 1.82) is 0 Å². The summed E-state index contributed by atoms with van der Waals surface area (Å²) in [5, 5.41) is 26.5. The third-order valence-electron chi connectivity index (χ3n) is 6.79. The molecule has 4 N–H and O–H groups in total. The number of carboxylic acids is 1. The fourth-order valence-corrected chi connectivity index (χ4v) is 4.83. The number of aromatic carboxylic acids is 1. The maximum Gasteiger partial charge on any atom is 0.417 e. The van der Waals surface area contributed by atoms with Crippen LogP contribution in [0.25, 0.3) is 22.3 Å². The predicted octanol–water partition coefficient (Wildman–Crippen LogP) is 7.11. The molecule has 0 atom stereocenters. The predicted molar refractivity (Wildman–Crippen MR) is 146 cm³/mol. The summed E-state index contributed by atoms with van der Waals surface area (Å²) in [7, 11) is 0. The van der Waals surface area contributed by atoms with Crippen LogP contribution in [0.1, 0.15) is 32.6 Å². The maximum atomic E-state index is 14.8. The zero-order valence-electron chi connectivity index (χ0n) is 21.8. The molecule has 7 nitrogen and oxygen atoms in total. The van der Waals surface area contributed by atoms with E-state index in [1.807, 2.05) is 0 Å². The Labute approximate surface area is 234 Å². The van der Waals surface area contributed by atoms with Crippen molar-refractivity contribution in [3.05, 3.63) is 100 Å². The van der Waals surface area contributed by atoms with Crippen molar-refractivity contribution < 1.29 is 41.8 Å². The number of anilines is 2. The number of amides is 1. The molecule has 214 valence electrons. The fourth-order valence-electron chi connectivity index (χ4n) is 4.83. The lowest BCUT2D eigenvalue weighted by Crippen LogP contribution is -2.16. The number of hydrazone groups is 1. The first kappa shape index (κ1) is 28.3. The van der Waals surface area contributed by atoms with Gasteiger partial charge in [0.25, 0.3) is 5.91 Å². The highest BCUT2D eigenvalue weighted by molar-refractivity contribution is 6.54. The maximum absolute atomic E-state index is 14.8. The number of rotatable bonds is 5. The summed E-state index contributed by atoms with van der Waals surface area (Å²) in [6.07, 6.45) is -4.80. The summed E-state index contributed by atoms with van der Waals surface area (Å²) in [4.78, 5) is 24.2. The van der Waals surface area contributed by atoms with Crippen molar-refractivity contribution >= 4 is 29.0 Å². The van der Waals surface area contributed by atoms with E-state index in [2.05, 4.69) is 15.8 Å². The lowest BCUT2D eigenvalue weighted by atomic mass is 9.92. The first-order chi connectivity index (χ1) is 19.8. The van der Waals surface area contributed by atoms with Gasteiger partial charge in [-0.3, -0.25) is 10.2 Å². The standard InChI is InChI=1S/C30H20F5N3O4/c1-13-11-15(12-14(2)23(13)31)22-20(30(33,34)35)10-9-19-25(22)36-28(40)26(19)38-37-21-8-4-6-17(27(21)39)16-5-3-7-18(24(16)32)29(41)42/h3-12,37,39H,1-2H3,(H,41,42)(H,36,38,40). The number of halogens is 5. The van der Waals surface area contributed by atoms with Gasteiger partial charge in [0.15, 0.2) is 5.71 Å². The van der Waals surface area contributed by atoms with Crippen molar-refractivity contribution in [3.8, 4) is 28.0 Å². The normalized spacial score (nSPS) is 13.7. The molecule has 0 fully saturated rings. The molecule has 42 heavy (non-hydrogen) atoms. The van der Waals surface area contributed by atoms with Gasteiger partial charge in [0, 0.05) is 22.3 Å². The number of aryl methyl sites for hydroxylation is 2. The minimum absolute atomic E-state index is 0.0194. The minimum Gasteiger partial charge on any atom is -0.505 e. The number of fused-ring (bicyclic) bond motifs is 1. The lowest BCUT2D eigenvalue weighted by Gasteiger charge is -2.18. The van der Waals surface area contributed by atoms with Crippen LogP contribution in [0.5, 0.6) is 5.75 Å². The number of nitrogens with one attached hydrogen (secondary N) is 2. The van der Waals surface area contributed by atoms with E-state index < -0.39 is 46.6 Å². The number of carboxylic acid groups (broad SMARTS) is 1. The zero-order valence-corrected chi connectivity index (χ0v) is 21.8. The molecule has 4 aromatic carbocycles. The second-order valence-electron chi connectivity index (χ2n) is 9.53. The molecule has 12 heteroatoms. The molecule has 0 radical (unpaired) electrons. The summed E-state index contributed by atoms with van der Waals surface area (Å²) < 4.78 is 71.3.